The summed E-state index contributed by atoms with van der Waals surface area (Å²) < 4.78 is 5.28. The molecule has 6 nitrogen and oxygen atoms in total. The molecule has 2 heterocycles. The summed E-state index contributed by atoms with van der Waals surface area (Å²) in [5.74, 6) is 1.31. The summed E-state index contributed by atoms with van der Waals surface area (Å²) in [5, 5.41) is 8.81. The van der Waals surface area contributed by atoms with Gasteiger partial charge in [0.1, 0.15) is 5.75 Å². The summed E-state index contributed by atoms with van der Waals surface area (Å²) in [6, 6.07) is 8.98. The average molecular weight is 347 g/mol. The lowest BCUT2D eigenvalue weighted by Crippen LogP contribution is -2.49. The number of aryl methyl sites for hydroxylation is 1. The van der Waals surface area contributed by atoms with Gasteiger partial charge in [-0.2, -0.15) is 5.10 Å². The highest BCUT2D eigenvalue weighted by atomic mass is 35.5. The van der Waals surface area contributed by atoms with E-state index in [0.29, 0.717) is 42.5 Å². The number of benzene rings is 1. The highest BCUT2D eigenvalue weighted by Gasteiger charge is 2.25. The molecule has 1 fully saturated rings. The number of piperazine rings is 1. The Bertz CT molecular complexity index is 728. The van der Waals surface area contributed by atoms with Crippen molar-refractivity contribution in [3.63, 3.8) is 0 Å². The van der Waals surface area contributed by atoms with Crippen molar-refractivity contribution in [3.05, 3.63) is 46.6 Å². The van der Waals surface area contributed by atoms with Gasteiger partial charge in [-0.1, -0.05) is 11.6 Å². The van der Waals surface area contributed by atoms with Crippen LogP contribution in [0, 0.1) is 6.92 Å². The van der Waals surface area contributed by atoms with Crippen molar-refractivity contribution in [2.24, 2.45) is 0 Å². The Hall–Kier alpha value is -2.34. The Morgan fingerprint density at radius 1 is 1.12 bits per heavy atom. The summed E-state index contributed by atoms with van der Waals surface area (Å²) in [7, 11) is 1.55. The number of ether oxygens (including phenoxy) is 1. The third-order valence-corrected chi connectivity index (χ3v) is 4.30. The van der Waals surface area contributed by atoms with Gasteiger partial charge in [-0.3, -0.25) is 4.79 Å². The van der Waals surface area contributed by atoms with Crippen molar-refractivity contribution >= 4 is 23.3 Å². The van der Waals surface area contributed by atoms with E-state index in [2.05, 4.69) is 15.1 Å². The van der Waals surface area contributed by atoms with E-state index in [1.165, 1.54) is 0 Å². The number of carbonyl (C=O) groups is 1. The van der Waals surface area contributed by atoms with Gasteiger partial charge < -0.3 is 14.5 Å². The van der Waals surface area contributed by atoms with E-state index in [1.54, 1.807) is 25.3 Å². The maximum Gasteiger partial charge on any atom is 0.257 e. The molecule has 7 heteroatoms. The lowest BCUT2D eigenvalue weighted by atomic mass is 10.1. The van der Waals surface area contributed by atoms with Crippen LogP contribution in [0.4, 0.5) is 5.82 Å². The van der Waals surface area contributed by atoms with Crippen LogP contribution < -0.4 is 9.64 Å². The van der Waals surface area contributed by atoms with Crippen molar-refractivity contribution in [1.29, 1.82) is 0 Å². The fourth-order valence-electron chi connectivity index (χ4n) is 2.72. The van der Waals surface area contributed by atoms with E-state index < -0.39 is 0 Å². The molecule has 2 aromatic rings. The molecular weight excluding hydrogens is 328 g/mol. The number of hydrogen-bond acceptors (Lipinski definition) is 5. The van der Waals surface area contributed by atoms with Crippen molar-refractivity contribution < 1.29 is 9.53 Å². The Morgan fingerprint density at radius 3 is 2.50 bits per heavy atom. The molecule has 0 aliphatic carbocycles. The van der Waals surface area contributed by atoms with Gasteiger partial charge in [0.25, 0.3) is 5.91 Å². The van der Waals surface area contributed by atoms with E-state index in [-0.39, 0.29) is 5.91 Å². The molecule has 1 saturated heterocycles. The zero-order chi connectivity index (χ0) is 17.1. The third kappa shape index (κ3) is 3.43. The highest BCUT2D eigenvalue weighted by molar-refractivity contribution is 6.31. The lowest BCUT2D eigenvalue weighted by molar-refractivity contribution is 0.0743. The van der Waals surface area contributed by atoms with Gasteiger partial charge in [-0.05, 0) is 37.3 Å². The molecule has 0 N–H and O–H groups in total. The monoisotopic (exact) mass is 346 g/mol. The largest absolute Gasteiger partial charge is 0.496 e. The minimum atomic E-state index is -0.0657. The molecule has 24 heavy (non-hydrogen) atoms. The first-order valence-electron chi connectivity index (χ1n) is 7.76. The van der Waals surface area contributed by atoms with E-state index in [0.717, 1.165) is 11.5 Å². The van der Waals surface area contributed by atoms with E-state index >= 15 is 0 Å². The predicted molar refractivity (Wildman–Crippen MR) is 92.9 cm³/mol. The second-order valence-corrected chi connectivity index (χ2v) is 6.09. The molecule has 1 aromatic heterocycles. The summed E-state index contributed by atoms with van der Waals surface area (Å²) >= 11 is 6.02. The minimum Gasteiger partial charge on any atom is -0.496 e. The maximum atomic E-state index is 12.8. The average Bonchev–Trinajstić information content (AvgIpc) is 2.62. The Kier molecular flexibility index (Phi) is 4.85. The van der Waals surface area contributed by atoms with Gasteiger partial charge in [0, 0.05) is 31.2 Å². The first-order chi connectivity index (χ1) is 11.6. The predicted octanol–water partition coefficient (Wildman–Crippen LogP) is 2.41. The molecule has 0 spiro atoms. The highest BCUT2D eigenvalue weighted by Crippen LogP contribution is 2.25. The van der Waals surface area contributed by atoms with Crippen LogP contribution >= 0.6 is 11.6 Å². The van der Waals surface area contributed by atoms with Gasteiger partial charge in [-0.25, -0.2) is 0 Å². The van der Waals surface area contributed by atoms with E-state index in [4.69, 9.17) is 16.3 Å². The van der Waals surface area contributed by atoms with E-state index in [1.807, 2.05) is 24.0 Å². The second kappa shape index (κ2) is 7.05. The quantitative estimate of drug-likeness (QED) is 0.854. The molecule has 3 rings (SSSR count). The number of halogens is 1. The third-order valence-electron chi connectivity index (χ3n) is 4.07. The molecule has 1 aliphatic rings. The molecule has 0 atom stereocenters. The summed E-state index contributed by atoms with van der Waals surface area (Å²) in [4.78, 5) is 16.7. The molecule has 1 aromatic carbocycles. The maximum absolute atomic E-state index is 12.8. The van der Waals surface area contributed by atoms with Crippen LogP contribution in [0.3, 0.4) is 0 Å². The van der Waals surface area contributed by atoms with E-state index in [9.17, 15) is 4.79 Å². The fourth-order valence-corrected chi connectivity index (χ4v) is 2.89. The number of hydrogen-bond donors (Lipinski definition) is 0. The number of anilines is 1. The number of amides is 1. The van der Waals surface area contributed by atoms with Crippen LogP contribution in [0.5, 0.6) is 5.75 Å². The zero-order valence-corrected chi connectivity index (χ0v) is 14.5. The number of carbonyl (C=O) groups excluding carboxylic acids is 1. The smallest absolute Gasteiger partial charge is 0.257 e. The van der Waals surface area contributed by atoms with Crippen LogP contribution in [-0.2, 0) is 0 Å². The molecule has 1 amide bonds. The topological polar surface area (TPSA) is 58.6 Å². The number of nitrogens with zero attached hydrogens (tertiary/aromatic N) is 4. The second-order valence-electron chi connectivity index (χ2n) is 5.66. The number of methoxy groups -OCH3 is 1. The number of rotatable bonds is 3. The van der Waals surface area contributed by atoms with Crippen molar-refractivity contribution in [2.75, 3.05) is 38.2 Å². The van der Waals surface area contributed by atoms with Crippen LogP contribution in [-0.4, -0.2) is 54.3 Å². The first-order valence-corrected chi connectivity index (χ1v) is 8.14. The Morgan fingerprint density at radius 2 is 1.88 bits per heavy atom. The molecule has 126 valence electrons. The van der Waals surface area contributed by atoms with Crippen LogP contribution in [0.2, 0.25) is 5.02 Å². The molecule has 0 saturated carbocycles. The summed E-state index contributed by atoms with van der Waals surface area (Å²) in [6.45, 7) is 4.57. The molecule has 0 unspecified atom stereocenters. The van der Waals surface area contributed by atoms with Gasteiger partial charge in [0.15, 0.2) is 5.82 Å². The summed E-state index contributed by atoms with van der Waals surface area (Å²) in [5.41, 5.74) is 1.38. The molecule has 1 aliphatic heterocycles. The number of aromatic nitrogens is 2. The van der Waals surface area contributed by atoms with Crippen LogP contribution in [0.1, 0.15) is 16.1 Å². The van der Waals surface area contributed by atoms with Gasteiger partial charge in [-0.15, -0.1) is 5.10 Å². The molecular formula is C17H19ClN4O2. The Balaban J connectivity index is 1.69. The lowest BCUT2D eigenvalue weighted by Gasteiger charge is -2.35. The molecule has 0 radical (unpaired) electrons. The van der Waals surface area contributed by atoms with Crippen LogP contribution in [0.15, 0.2) is 30.3 Å². The first kappa shape index (κ1) is 16.5. The van der Waals surface area contributed by atoms with Crippen molar-refractivity contribution in [2.45, 2.75) is 6.92 Å². The fraction of sp³-hybridized carbons (Fsp3) is 0.353. The minimum absolute atomic E-state index is 0.0657. The molecule has 0 bridgehead atoms. The SMILES string of the molecule is COc1ccc(Cl)cc1C(=O)N1CCN(c2ccc(C)nn2)CC1. The van der Waals surface area contributed by atoms with Gasteiger partial charge >= 0.3 is 0 Å². The van der Waals surface area contributed by atoms with Crippen molar-refractivity contribution in [3.8, 4) is 5.75 Å². The van der Waals surface area contributed by atoms with Gasteiger partial charge in [0.05, 0.1) is 18.4 Å². The summed E-state index contributed by atoms with van der Waals surface area (Å²) in [6.07, 6.45) is 0. The normalized spacial score (nSPS) is 14.6. The zero-order valence-electron chi connectivity index (χ0n) is 13.7. The Labute approximate surface area is 146 Å². The standard InChI is InChI=1S/C17H19ClN4O2/c1-12-3-6-16(20-19-12)21-7-9-22(10-8-21)17(23)14-11-13(18)4-5-15(14)24-2/h3-6,11H,7-10H2,1-2H3. The van der Waals surface area contributed by atoms with Crippen LogP contribution in [0.25, 0.3) is 0 Å². The van der Waals surface area contributed by atoms with Gasteiger partial charge in [0.2, 0.25) is 0 Å². The van der Waals surface area contributed by atoms with Crippen molar-refractivity contribution in [1.82, 2.24) is 15.1 Å².